The molecule has 2 aromatic rings. The summed E-state index contributed by atoms with van der Waals surface area (Å²) in [7, 11) is 0. The minimum Gasteiger partial charge on any atom is -0.465 e. The van der Waals surface area contributed by atoms with Crippen molar-refractivity contribution in [2.75, 3.05) is 0 Å². The van der Waals surface area contributed by atoms with Crippen molar-refractivity contribution in [1.29, 1.82) is 0 Å². The van der Waals surface area contributed by atoms with Crippen LogP contribution in [0.15, 0.2) is 24.5 Å². The summed E-state index contributed by atoms with van der Waals surface area (Å²) in [5.41, 5.74) is 2.83. The van der Waals surface area contributed by atoms with Crippen molar-refractivity contribution in [1.82, 2.24) is 20.5 Å². The zero-order valence-corrected chi connectivity index (χ0v) is 9.27. The Morgan fingerprint density at radius 3 is 3.00 bits per heavy atom. The molecule has 0 bridgehead atoms. The van der Waals surface area contributed by atoms with E-state index in [0.29, 0.717) is 5.82 Å². The van der Waals surface area contributed by atoms with Gasteiger partial charge in [0.05, 0.1) is 0 Å². The molecule has 88 valence electrons. The van der Waals surface area contributed by atoms with Gasteiger partial charge in [0, 0.05) is 12.1 Å². The molecule has 1 aromatic heterocycles. The third kappa shape index (κ3) is 2.60. The molecule has 0 radical (unpaired) electrons. The summed E-state index contributed by atoms with van der Waals surface area (Å²) < 4.78 is 0. The summed E-state index contributed by atoms with van der Waals surface area (Å²) >= 11 is 0. The van der Waals surface area contributed by atoms with Crippen LogP contribution in [-0.2, 0) is 6.54 Å². The minimum absolute atomic E-state index is 0.281. The molecule has 2 rings (SSSR count). The molecule has 6 heteroatoms. The van der Waals surface area contributed by atoms with E-state index in [-0.39, 0.29) is 6.54 Å². The van der Waals surface area contributed by atoms with E-state index in [9.17, 15) is 4.79 Å². The van der Waals surface area contributed by atoms with Gasteiger partial charge in [-0.25, -0.2) is 9.78 Å². The van der Waals surface area contributed by atoms with Crippen LogP contribution in [-0.4, -0.2) is 26.4 Å². The highest BCUT2D eigenvalue weighted by Crippen LogP contribution is 2.18. The molecule has 6 nitrogen and oxygen atoms in total. The summed E-state index contributed by atoms with van der Waals surface area (Å²) in [6.07, 6.45) is 0.402. The number of nitrogens with one attached hydrogen (secondary N) is 2. The van der Waals surface area contributed by atoms with Crippen molar-refractivity contribution >= 4 is 6.09 Å². The Labute approximate surface area is 97.7 Å². The highest BCUT2D eigenvalue weighted by molar-refractivity contribution is 5.65. The highest BCUT2D eigenvalue weighted by Gasteiger charge is 2.05. The van der Waals surface area contributed by atoms with Crippen LogP contribution in [0.3, 0.4) is 0 Å². The topological polar surface area (TPSA) is 90.9 Å². The molecule has 0 unspecified atom stereocenters. The van der Waals surface area contributed by atoms with Gasteiger partial charge < -0.3 is 10.4 Å². The smallest absolute Gasteiger partial charge is 0.404 e. The first-order valence-corrected chi connectivity index (χ1v) is 5.09. The summed E-state index contributed by atoms with van der Waals surface area (Å²) in [5.74, 6) is 0.668. The quantitative estimate of drug-likeness (QED) is 0.748. The van der Waals surface area contributed by atoms with E-state index in [1.54, 1.807) is 0 Å². The average molecular weight is 232 g/mol. The van der Waals surface area contributed by atoms with Crippen molar-refractivity contribution in [2.24, 2.45) is 0 Å². The van der Waals surface area contributed by atoms with Gasteiger partial charge >= 0.3 is 6.09 Å². The molecule has 0 saturated carbocycles. The fourth-order valence-electron chi connectivity index (χ4n) is 1.52. The first-order chi connectivity index (χ1) is 8.16. The fraction of sp³-hybridized carbons (Fsp3) is 0.182. The van der Waals surface area contributed by atoms with Crippen molar-refractivity contribution in [3.63, 3.8) is 0 Å². The second-order valence-corrected chi connectivity index (χ2v) is 3.63. The molecule has 1 aromatic carbocycles. The molecule has 1 heterocycles. The van der Waals surface area contributed by atoms with E-state index < -0.39 is 6.09 Å². The SMILES string of the molecule is Cc1ccc(-c2ncn[nH]2)cc1CNC(=O)O. The van der Waals surface area contributed by atoms with Crippen LogP contribution in [0.2, 0.25) is 0 Å². The van der Waals surface area contributed by atoms with Gasteiger partial charge in [-0.2, -0.15) is 5.10 Å². The van der Waals surface area contributed by atoms with Crippen LogP contribution < -0.4 is 5.32 Å². The molecule has 0 aliphatic rings. The van der Waals surface area contributed by atoms with Crippen molar-refractivity contribution < 1.29 is 9.90 Å². The Hall–Kier alpha value is -2.37. The van der Waals surface area contributed by atoms with Crippen LogP contribution >= 0.6 is 0 Å². The maximum atomic E-state index is 10.5. The lowest BCUT2D eigenvalue weighted by atomic mass is 10.0. The van der Waals surface area contributed by atoms with Crippen molar-refractivity contribution in [3.05, 3.63) is 35.7 Å². The summed E-state index contributed by atoms with van der Waals surface area (Å²) in [6.45, 7) is 2.21. The monoisotopic (exact) mass is 232 g/mol. The molecular formula is C11H12N4O2. The predicted molar refractivity (Wildman–Crippen MR) is 61.4 cm³/mol. The lowest BCUT2D eigenvalue weighted by Gasteiger charge is -2.07. The lowest BCUT2D eigenvalue weighted by molar-refractivity contribution is 0.194. The Bertz CT molecular complexity index is 522. The maximum Gasteiger partial charge on any atom is 0.404 e. The molecule has 0 spiro atoms. The second-order valence-electron chi connectivity index (χ2n) is 3.63. The number of amides is 1. The number of hydrogen-bond acceptors (Lipinski definition) is 3. The summed E-state index contributed by atoms with van der Waals surface area (Å²) in [5, 5.41) is 17.5. The molecular weight excluding hydrogens is 220 g/mol. The van der Waals surface area contributed by atoms with Gasteiger partial charge in [-0.1, -0.05) is 12.1 Å². The van der Waals surface area contributed by atoms with E-state index >= 15 is 0 Å². The van der Waals surface area contributed by atoms with Crippen LogP contribution in [0.4, 0.5) is 4.79 Å². The van der Waals surface area contributed by atoms with Gasteiger partial charge in [0.1, 0.15) is 6.33 Å². The number of benzene rings is 1. The molecule has 0 saturated heterocycles. The highest BCUT2D eigenvalue weighted by atomic mass is 16.4. The van der Waals surface area contributed by atoms with E-state index in [1.165, 1.54) is 6.33 Å². The van der Waals surface area contributed by atoms with Gasteiger partial charge in [-0.05, 0) is 24.1 Å². The molecule has 0 aliphatic carbocycles. The Balaban J connectivity index is 2.26. The summed E-state index contributed by atoms with van der Waals surface area (Å²) in [6, 6.07) is 5.74. The number of H-pyrrole nitrogens is 1. The number of carboxylic acid groups (broad SMARTS) is 1. The van der Waals surface area contributed by atoms with E-state index in [4.69, 9.17) is 5.11 Å². The Morgan fingerprint density at radius 2 is 2.35 bits per heavy atom. The van der Waals surface area contributed by atoms with E-state index in [2.05, 4.69) is 20.5 Å². The van der Waals surface area contributed by atoms with Crippen molar-refractivity contribution in [3.8, 4) is 11.4 Å². The van der Waals surface area contributed by atoms with Crippen LogP contribution in [0.1, 0.15) is 11.1 Å². The fourth-order valence-corrected chi connectivity index (χ4v) is 1.52. The first kappa shape index (κ1) is 11.1. The van der Waals surface area contributed by atoms with E-state index in [1.807, 2.05) is 25.1 Å². The van der Waals surface area contributed by atoms with Gasteiger partial charge in [-0.3, -0.25) is 5.10 Å². The van der Waals surface area contributed by atoms with Crippen LogP contribution in [0.25, 0.3) is 11.4 Å². The lowest BCUT2D eigenvalue weighted by Crippen LogP contribution is -2.20. The second kappa shape index (κ2) is 4.65. The van der Waals surface area contributed by atoms with E-state index in [0.717, 1.165) is 16.7 Å². The number of carbonyl (C=O) groups is 1. The predicted octanol–water partition coefficient (Wildman–Crippen LogP) is 1.55. The zero-order chi connectivity index (χ0) is 12.3. The number of rotatable bonds is 3. The molecule has 0 atom stereocenters. The largest absolute Gasteiger partial charge is 0.465 e. The molecule has 0 fully saturated rings. The molecule has 1 amide bonds. The van der Waals surface area contributed by atoms with Gasteiger partial charge in [0.25, 0.3) is 0 Å². The third-order valence-corrected chi connectivity index (χ3v) is 2.47. The average Bonchev–Trinajstić information content (AvgIpc) is 2.81. The van der Waals surface area contributed by atoms with Crippen molar-refractivity contribution in [2.45, 2.75) is 13.5 Å². The normalized spacial score (nSPS) is 10.2. The molecule has 17 heavy (non-hydrogen) atoms. The van der Waals surface area contributed by atoms with Crippen LogP contribution in [0.5, 0.6) is 0 Å². The maximum absolute atomic E-state index is 10.5. The number of hydrogen-bond donors (Lipinski definition) is 3. The Morgan fingerprint density at radius 1 is 1.53 bits per heavy atom. The summed E-state index contributed by atoms with van der Waals surface area (Å²) in [4.78, 5) is 14.5. The third-order valence-electron chi connectivity index (χ3n) is 2.47. The number of aryl methyl sites for hydroxylation is 1. The van der Waals surface area contributed by atoms with Gasteiger partial charge in [-0.15, -0.1) is 0 Å². The first-order valence-electron chi connectivity index (χ1n) is 5.09. The van der Waals surface area contributed by atoms with Crippen LogP contribution in [0, 0.1) is 6.92 Å². The molecule has 0 aliphatic heterocycles. The number of aromatic amines is 1. The number of nitrogens with zero attached hydrogens (tertiary/aromatic N) is 2. The zero-order valence-electron chi connectivity index (χ0n) is 9.27. The Kier molecular flexibility index (Phi) is 3.04. The molecule has 3 N–H and O–H groups in total. The number of aromatic nitrogens is 3. The van der Waals surface area contributed by atoms with Gasteiger partial charge in [0.15, 0.2) is 5.82 Å². The van der Waals surface area contributed by atoms with Gasteiger partial charge in [0.2, 0.25) is 0 Å². The minimum atomic E-state index is -1.03. The standard InChI is InChI=1S/C11H12N4O2/c1-7-2-3-8(10-13-6-14-15-10)4-9(7)5-12-11(16)17/h2-4,6,12H,5H2,1H3,(H,16,17)(H,13,14,15).